The van der Waals surface area contributed by atoms with Gasteiger partial charge in [0.05, 0.1) is 5.57 Å². The van der Waals surface area contributed by atoms with Crippen molar-refractivity contribution in [3.05, 3.63) is 105 Å². The molecule has 1 N–H and O–H groups in total. The molecule has 0 spiro atoms. The Kier molecular flexibility index (Phi) is 5.72. The maximum Gasteiger partial charge on any atom is 0.283 e. The summed E-state index contributed by atoms with van der Waals surface area (Å²) in [6.07, 6.45) is 7.02. The van der Waals surface area contributed by atoms with Crippen LogP contribution in [0.1, 0.15) is 16.7 Å². The Bertz CT molecular complexity index is 1660. The molecule has 176 valence electrons. The van der Waals surface area contributed by atoms with E-state index in [0.29, 0.717) is 26.8 Å². The van der Waals surface area contributed by atoms with E-state index >= 15 is 0 Å². The average Bonchev–Trinajstić information content (AvgIpc) is 3.46. The summed E-state index contributed by atoms with van der Waals surface area (Å²) >= 11 is 13.7. The van der Waals surface area contributed by atoms with Gasteiger partial charge in [0.15, 0.2) is 5.84 Å². The molecule has 6 rings (SSSR count). The summed E-state index contributed by atoms with van der Waals surface area (Å²) in [4.78, 5) is 21.3. The van der Waals surface area contributed by atoms with Crippen molar-refractivity contribution in [1.29, 1.82) is 5.41 Å². The molecule has 4 heterocycles. The molecule has 2 aromatic carbocycles. The first-order valence-corrected chi connectivity index (χ1v) is 12.5. The fourth-order valence-electron chi connectivity index (χ4n) is 4.11. The van der Waals surface area contributed by atoms with Crippen LogP contribution in [0.15, 0.2) is 88.9 Å². The van der Waals surface area contributed by atoms with Crippen molar-refractivity contribution in [2.24, 2.45) is 10.1 Å². The van der Waals surface area contributed by atoms with Gasteiger partial charge in [-0.1, -0.05) is 47.5 Å². The second-order valence-electron chi connectivity index (χ2n) is 8.13. The standard InChI is InChI=1S/C26H16Cl2N6OS/c27-18-8-7-16(21(28)11-18)13-33-14-17(19-5-1-2-6-22(19)33)10-20-23(29)34-26(31-24(20)35)36-25(32-34)15-4-3-9-30-12-15/h1-12,14,29H,13H2. The smallest absolute Gasteiger partial charge is 0.283 e. The number of carbonyl (C=O) groups is 1. The molecule has 0 saturated carbocycles. The molecule has 2 aromatic heterocycles. The van der Waals surface area contributed by atoms with E-state index in [9.17, 15) is 4.79 Å². The van der Waals surface area contributed by atoms with Gasteiger partial charge in [-0.2, -0.15) is 15.1 Å². The van der Waals surface area contributed by atoms with E-state index in [1.807, 2.05) is 54.7 Å². The highest BCUT2D eigenvalue weighted by Crippen LogP contribution is 2.32. The zero-order chi connectivity index (χ0) is 24.8. The SMILES string of the molecule is N=C1C(=Cc2cn(Cc3ccc(Cl)cc3Cl)c3ccccc23)C(=O)N=C2SC(c3cccnc3)=NN12. The first kappa shape index (κ1) is 22.7. The number of pyridine rings is 1. The number of carbonyl (C=O) groups excluding carboxylic acids is 1. The van der Waals surface area contributed by atoms with E-state index in [4.69, 9.17) is 28.6 Å². The van der Waals surface area contributed by atoms with Crippen LogP contribution in [-0.2, 0) is 11.3 Å². The Labute approximate surface area is 220 Å². The molecule has 0 bridgehead atoms. The lowest BCUT2D eigenvalue weighted by atomic mass is 10.1. The molecule has 36 heavy (non-hydrogen) atoms. The van der Waals surface area contributed by atoms with Gasteiger partial charge in [0.1, 0.15) is 5.04 Å². The number of amides is 1. The quantitative estimate of drug-likeness (QED) is 0.325. The predicted octanol–water partition coefficient (Wildman–Crippen LogP) is 6.06. The molecule has 2 aliphatic heterocycles. The van der Waals surface area contributed by atoms with Crippen molar-refractivity contribution >= 4 is 73.9 Å². The predicted molar refractivity (Wildman–Crippen MR) is 146 cm³/mol. The minimum Gasteiger partial charge on any atom is -0.342 e. The molecule has 0 unspecified atom stereocenters. The number of benzene rings is 2. The third kappa shape index (κ3) is 4.03. The van der Waals surface area contributed by atoms with Crippen LogP contribution in [-0.4, -0.2) is 36.5 Å². The number of hydrogen-bond donors (Lipinski definition) is 1. The van der Waals surface area contributed by atoms with E-state index in [-0.39, 0.29) is 11.4 Å². The minimum atomic E-state index is -0.473. The monoisotopic (exact) mass is 530 g/mol. The number of amidine groups is 2. The average molecular weight is 531 g/mol. The number of nitrogens with one attached hydrogen (secondary N) is 1. The summed E-state index contributed by atoms with van der Waals surface area (Å²) < 4.78 is 2.06. The lowest BCUT2D eigenvalue weighted by Crippen LogP contribution is -2.35. The summed E-state index contributed by atoms with van der Waals surface area (Å²) in [5, 5.41) is 17.8. The summed E-state index contributed by atoms with van der Waals surface area (Å²) in [5.41, 5.74) is 3.66. The van der Waals surface area contributed by atoms with Crippen molar-refractivity contribution in [3.63, 3.8) is 0 Å². The molecule has 0 fully saturated rings. The maximum atomic E-state index is 13.0. The zero-order valence-electron chi connectivity index (χ0n) is 18.5. The Hall–Kier alpha value is -3.72. The fourth-order valence-corrected chi connectivity index (χ4v) is 5.46. The molecule has 7 nitrogen and oxygen atoms in total. The zero-order valence-corrected chi connectivity index (χ0v) is 20.8. The highest BCUT2D eigenvalue weighted by Gasteiger charge is 2.36. The molecule has 10 heteroatoms. The van der Waals surface area contributed by atoms with Gasteiger partial charge in [-0.05, 0) is 53.7 Å². The normalized spacial score (nSPS) is 16.5. The van der Waals surface area contributed by atoms with Crippen LogP contribution in [0.25, 0.3) is 17.0 Å². The summed E-state index contributed by atoms with van der Waals surface area (Å²) in [5.74, 6) is -0.493. The van der Waals surface area contributed by atoms with Crippen LogP contribution in [0.3, 0.4) is 0 Å². The first-order chi connectivity index (χ1) is 17.5. The first-order valence-electron chi connectivity index (χ1n) is 10.9. The molecular weight excluding hydrogens is 515 g/mol. The second-order valence-corrected chi connectivity index (χ2v) is 9.93. The number of aliphatic imine (C=N–C) groups is 1. The van der Waals surface area contributed by atoms with Gasteiger partial charge in [0.25, 0.3) is 5.91 Å². The molecule has 1 amide bonds. The van der Waals surface area contributed by atoms with Crippen LogP contribution in [0, 0.1) is 5.41 Å². The Morgan fingerprint density at radius 3 is 2.75 bits per heavy atom. The summed E-state index contributed by atoms with van der Waals surface area (Å²) in [7, 11) is 0. The van der Waals surface area contributed by atoms with Crippen molar-refractivity contribution in [1.82, 2.24) is 14.6 Å². The van der Waals surface area contributed by atoms with Gasteiger partial charge in [0.2, 0.25) is 5.17 Å². The van der Waals surface area contributed by atoms with E-state index in [1.54, 1.807) is 24.5 Å². The molecular formula is C26H16Cl2N6OS. The lowest BCUT2D eigenvalue weighted by molar-refractivity contribution is -0.114. The van der Waals surface area contributed by atoms with Gasteiger partial charge in [-0.15, -0.1) is 0 Å². The van der Waals surface area contributed by atoms with Gasteiger partial charge in [-0.25, -0.2) is 0 Å². The van der Waals surface area contributed by atoms with Crippen molar-refractivity contribution in [3.8, 4) is 0 Å². The van der Waals surface area contributed by atoms with E-state index in [2.05, 4.69) is 19.6 Å². The van der Waals surface area contributed by atoms with Crippen LogP contribution < -0.4 is 0 Å². The third-order valence-corrected chi connectivity index (χ3v) is 7.38. The van der Waals surface area contributed by atoms with Gasteiger partial charge < -0.3 is 4.57 Å². The van der Waals surface area contributed by atoms with E-state index in [0.717, 1.165) is 27.6 Å². The van der Waals surface area contributed by atoms with E-state index in [1.165, 1.54) is 16.8 Å². The lowest BCUT2D eigenvalue weighted by Gasteiger charge is -2.20. The second kappa shape index (κ2) is 9.05. The molecule has 0 aliphatic carbocycles. The number of para-hydroxylation sites is 1. The molecule has 0 atom stereocenters. The number of halogens is 2. The van der Waals surface area contributed by atoms with Gasteiger partial charge in [0, 0.05) is 57.2 Å². The molecule has 2 aliphatic rings. The van der Waals surface area contributed by atoms with Gasteiger partial charge >= 0.3 is 0 Å². The highest BCUT2D eigenvalue weighted by atomic mass is 35.5. The van der Waals surface area contributed by atoms with Crippen LogP contribution >= 0.6 is 35.0 Å². The van der Waals surface area contributed by atoms with Crippen molar-refractivity contribution < 1.29 is 4.79 Å². The number of thioether (sulfide) groups is 1. The van der Waals surface area contributed by atoms with Gasteiger partial charge in [-0.3, -0.25) is 15.2 Å². The third-order valence-electron chi connectivity index (χ3n) is 5.84. The summed E-state index contributed by atoms with van der Waals surface area (Å²) in [6.45, 7) is 0.523. The maximum absolute atomic E-state index is 13.0. The minimum absolute atomic E-state index is 0.0195. The molecule has 4 aromatic rings. The Balaban J connectivity index is 1.38. The highest BCUT2D eigenvalue weighted by molar-refractivity contribution is 8.27. The van der Waals surface area contributed by atoms with Crippen LogP contribution in [0.5, 0.6) is 0 Å². The number of fused-ring (bicyclic) bond motifs is 2. The van der Waals surface area contributed by atoms with Crippen LogP contribution in [0.2, 0.25) is 10.0 Å². The number of nitrogens with zero attached hydrogens (tertiary/aromatic N) is 5. The number of rotatable bonds is 4. The molecule has 0 radical (unpaired) electrons. The van der Waals surface area contributed by atoms with Crippen LogP contribution in [0.4, 0.5) is 0 Å². The number of hydrazone groups is 1. The Morgan fingerprint density at radius 1 is 1.08 bits per heavy atom. The summed E-state index contributed by atoms with van der Waals surface area (Å²) in [6, 6.07) is 17.0. The number of aromatic nitrogens is 2. The Morgan fingerprint density at radius 2 is 1.94 bits per heavy atom. The largest absolute Gasteiger partial charge is 0.342 e. The van der Waals surface area contributed by atoms with E-state index < -0.39 is 5.91 Å². The molecule has 0 saturated heterocycles. The topological polar surface area (TPSA) is 86.7 Å². The van der Waals surface area contributed by atoms with Crippen molar-refractivity contribution in [2.45, 2.75) is 6.54 Å². The number of hydrogen-bond acceptors (Lipinski definition) is 5. The van der Waals surface area contributed by atoms with Crippen molar-refractivity contribution in [2.75, 3.05) is 0 Å². The fraction of sp³-hybridized carbons (Fsp3) is 0.0385.